The van der Waals surface area contributed by atoms with Crippen LogP contribution in [0.4, 0.5) is 5.69 Å². The SMILES string of the molecule is CC(C)C[C@H]1C(=O)O[C@H](Cc2ccccc2N2CCOC3(CC3)C2)C(=O)N(C)[C@@H](CC(C)C)C(=O)O[C@H](C)C(=O)N(C)[C@@H](CC(C)C)C(=O)O[C@H](Cc2ccccc2)C(=O)N(C)[C@@H](CC(C)C)C(=O)O[C@H](C)C(=O)N1C. The lowest BCUT2D eigenvalue weighted by Crippen LogP contribution is -2.55. The van der Waals surface area contributed by atoms with Gasteiger partial charge in [0.25, 0.3) is 23.6 Å². The highest BCUT2D eigenvalue weighted by Gasteiger charge is 2.48. The Labute approximate surface area is 450 Å². The van der Waals surface area contributed by atoms with E-state index in [9.17, 15) is 33.6 Å². The molecule has 3 aliphatic rings. The van der Waals surface area contributed by atoms with Crippen molar-refractivity contribution in [1.82, 2.24) is 19.6 Å². The average molecular weight is 1060 g/mol. The lowest BCUT2D eigenvalue weighted by atomic mass is 9.99. The van der Waals surface area contributed by atoms with E-state index in [0.29, 0.717) is 30.8 Å². The molecule has 0 unspecified atom stereocenters. The normalized spacial score (nSPS) is 26.3. The molecule has 0 bridgehead atoms. The lowest BCUT2D eigenvalue weighted by Gasteiger charge is -2.37. The molecule has 2 saturated heterocycles. The average Bonchev–Trinajstić information content (AvgIpc) is 4.12. The Bertz CT molecular complexity index is 2340. The lowest BCUT2D eigenvalue weighted by molar-refractivity contribution is -0.176. The molecule has 76 heavy (non-hydrogen) atoms. The molecule has 1 saturated carbocycles. The molecule has 3 fully saturated rings. The van der Waals surface area contributed by atoms with Crippen molar-refractivity contribution in [3.8, 4) is 0 Å². The molecule has 5 rings (SSSR count). The van der Waals surface area contributed by atoms with Crippen LogP contribution in [0.2, 0.25) is 0 Å². The molecule has 2 aliphatic heterocycles. The smallest absolute Gasteiger partial charge is 0.329 e. The van der Waals surface area contributed by atoms with Crippen LogP contribution in [0.1, 0.15) is 119 Å². The van der Waals surface area contributed by atoms with Gasteiger partial charge < -0.3 is 48.2 Å². The van der Waals surface area contributed by atoms with E-state index in [4.69, 9.17) is 23.7 Å². The van der Waals surface area contributed by atoms with Crippen LogP contribution in [0.3, 0.4) is 0 Å². The van der Waals surface area contributed by atoms with Gasteiger partial charge in [-0.25, -0.2) is 19.2 Å². The maximum atomic E-state index is 15.2. The number of morpholine rings is 1. The second kappa shape index (κ2) is 26.8. The van der Waals surface area contributed by atoms with E-state index < -0.39 is 96.1 Å². The molecule has 1 aliphatic carbocycles. The fourth-order valence-electron chi connectivity index (χ4n) is 9.99. The van der Waals surface area contributed by atoms with Gasteiger partial charge in [-0.15, -0.1) is 0 Å². The summed E-state index contributed by atoms with van der Waals surface area (Å²) in [5, 5.41) is 0. The Kier molecular flexibility index (Phi) is 21.5. The molecule has 1 spiro atoms. The van der Waals surface area contributed by atoms with Crippen molar-refractivity contribution in [2.75, 3.05) is 52.8 Å². The number of likely N-dealkylation sites (N-methyl/N-ethyl adjacent to an activating group) is 4. The molecular formula is C58H85N5O13. The quantitative estimate of drug-likeness (QED) is 0.166. The van der Waals surface area contributed by atoms with Crippen LogP contribution in [0.15, 0.2) is 54.6 Å². The Morgan fingerprint density at radius 3 is 1.26 bits per heavy atom. The number of esters is 4. The summed E-state index contributed by atoms with van der Waals surface area (Å²) in [5.74, 6) is -7.19. The fraction of sp³-hybridized carbons (Fsp3) is 0.655. The highest BCUT2D eigenvalue weighted by molar-refractivity contribution is 5.94. The maximum absolute atomic E-state index is 15.2. The van der Waals surface area contributed by atoms with Crippen molar-refractivity contribution in [2.24, 2.45) is 23.7 Å². The zero-order valence-corrected chi connectivity index (χ0v) is 47.4. The summed E-state index contributed by atoms with van der Waals surface area (Å²) in [6, 6.07) is 11.4. The zero-order valence-electron chi connectivity index (χ0n) is 47.4. The highest BCUT2D eigenvalue weighted by Crippen LogP contribution is 2.43. The second-order valence-corrected chi connectivity index (χ2v) is 22.9. The highest BCUT2D eigenvalue weighted by atomic mass is 16.6. The van der Waals surface area contributed by atoms with Gasteiger partial charge in [0, 0.05) is 59.8 Å². The van der Waals surface area contributed by atoms with Gasteiger partial charge in [-0.05, 0) is 93.2 Å². The number of anilines is 1. The third kappa shape index (κ3) is 16.0. The minimum atomic E-state index is -1.53. The van der Waals surface area contributed by atoms with E-state index in [1.807, 2.05) is 79.7 Å². The molecular weight excluding hydrogens is 975 g/mol. The predicted octanol–water partition coefficient (Wildman–Crippen LogP) is 6.03. The standard InChI is InChI=1S/C58H85N5O13/c1-35(2)28-44-54(68)73-40(10)51(65)60(12)47(31-38(7)8)57(71)76-49(33-42-22-18-19-23-43(42)63-26-27-72-58(34-63)24-25-58)53(67)62(14)45(29-36(3)4)55(69)74-39(9)50(64)59(11)46(30-37(5)6)56(70)75-48(52(66)61(44)13)32-41-20-16-15-17-21-41/h15-23,35-40,44-49H,24-34H2,1-14H3/t39-,40-,44+,45+,46+,47+,48-,49-/m1/s1. The Morgan fingerprint density at radius 2 is 0.855 bits per heavy atom. The second-order valence-electron chi connectivity index (χ2n) is 22.9. The number of ether oxygens (including phenoxy) is 5. The van der Waals surface area contributed by atoms with Gasteiger partial charge in [-0.3, -0.25) is 19.2 Å². The van der Waals surface area contributed by atoms with Crippen LogP contribution >= 0.6 is 0 Å². The third-order valence-corrected chi connectivity index (χ3v) is 14.5. The largest absolute Gasteiger partial charge is 0.451 e. The first kappa shape index (κ1) is 60.8. The molecule has 2 aromatic carbocycles. The van der Waals surface area contributed by atoms with E-state index in [0.717, 1.165) is 28.3 Å². The number of hydrogen-bond acceptors (Lipinski definition) is 14. The molecule has 4 amide bonds. The Morgan fingerprint density at radius 1 is 0.487 bits per heavy atom. The monoisotopic (exact) mass is 1060 g/mol. The van der Waals surface area contributed by atoms with E-state index in [-0.39, 0.29) is 67.8 Å². The molecule has 0 aromatic heterocycles. The van der Waals surface area contributed by atoms with Crippen LogP contribution < -0.4 is 4.90 Å². The number of nitrogens with zero attached hydrogens (tertiary/aromatic N) is 5. The summed E-state index contributed by atoms with van der Waals surface area (Å²) in [6.45, 7) is 19.4. The summed E-state index contributed by atoms with van der Waals surface area (Å²) in [4.78, 5) is 124. The van der Waals surface area contributed by atoms with Crippen molar-refractivity contribution >= 4 is 53.2 Å². The van der Waals surface area contributed by atoms with E-state index in [2.05, 4.69) is 4.90 Å². The number of rotatable bonds is 13. The van der Waals surface area contributed by atoms with Crippen molar-refractivity contribution in [3.63, 3.8) is 0 Å². The Hall–Kier alpha value is -6.04. The summed E-state index contributed by atoms with van der Waals surface area (Å²) in [5.41, 5.74) is 1.94. The predicted molar refractivity (Wildman–Crippen MR) is 285 cm³/mol. The number of carbonyl (C=O) groups excluding carboxylic acids is 8. The van der Waals surface area contributed by atoms with Crippen LogP contribution in [-0.2, 0) is 74.9 Å². The number of hydrogen-bond donors (Lipinski definition) is 0. The molecule has 2 aromatic rings. The van der Waals surface area contributed by atoms with Crippen LogP contribution in [0, 0.1) is 23.7 Å². The zero-order chi connectivity index (χ0) is 56.3. The number of benzene rings is 2. The summed E-state index contributed by atoms with van der Waals surface area (Å²) in [7, 11) is 5.63. The van der Waals surface area contributed by atoms with Crippen LogP contribution in [0.25, 0.3) is 0 Å². The van der Waals surface area contributed by atoms with Crippen LogP contribution in [0.5, 0.6) is 0 Å². The van der Waals surface area contributed by atoms with E-state index in [1.165, 1.54) is 51.8 Å². The first-order valence-corrected chi connectivity index (χ1v) is 27.1. The van der Waals surface area contributed by atoms with Gasteiger partial charge in [0.15, 0.2) is 24.4 Å². The summed E-state index contributed by atoms with van der Waals surface area (Å²) >= 11 is 0. The minimum absolute atomic E-state index is 0.0857. The molecule has 420 valence electrons. The third-order valence-electron chi connectivity index (χ3n) is 14.5. The van der Waals surface area contributed by atoms with Gasteiger partial charge in [0.2, 0.25) is 0 Å². The van der Waals surface area contributed by atoms with Crippen molar-refractivity contribution in [3.05, 3.63) is 65.7 Å². The van der Waals surface area contributed by atoms with Crippen molar-refractivity contribution in [1.29, 1.82) is 0 Å². The van der Waals surface area contributed by atoms with Gasteiger partial charge in [0.1, 0.15) is 24.2 Å². The first-order chi connectivity index (χ1) is 35.7. The number of para-hydroxylation sites is 1. The molecule has 2 heterocycles. The van der Waals surface area contributed by atoms with Crippen molar-refractivity contribution < 1.29 is 62.0 Å². The van der Waals surface area contributed by atoms with Crippen molar-refractivity contribution in [2.45, 2.75) is 175 Å². The molecule has 0 N–H and O–H groups in total. The first-order valence-electron chi connectivity index (χ1n) is 27.1. The number of carbonyl (C=O) groups is 8. The minimum Gasteiger partial charge on any atom is -0.451 e. The molecule has 18 nitrogen and oxygen atoms in total. The number of cyclic esters (lactones) is 4. The Balaban J connectivity index is 1.62. The van der Waals surface area contributed by atoms with E-state index in [1.54, 1.807) is 30.3 Å². The molecule has 0 radical (unpaired) electrons. The fourth-order valence-corrected chi connectivity index (χ4v) is 9.99. The van der Waals surface area contributed by atoms with E-state index >= 15 is 4.79 Å². The van der Waals surface area contributed by atoms with Crippen LogP contribution in [-0.4, -0.2) is 169 Å². The molecule has 18 heteroatoms. The topological polar surface area (TPSA) is 199 Å². The summed E-state index contributed by atoms with van der Waals surface area (Å²) < 4.78 is 30.4. The number of amides is 4. The van der Waals surface area contributed by atoms with Gasteiger partial charge in [-0.2, -0.15) is 0 Å². The molecule has 8 atom stereocenters. The summed E-state index contributed by atoms with van der Waals surface area (Å²) in [6.07, 6.45) is -3.86. The maximum Gasteiger partial charge on any atom is 0.329 e. The van der Waals surface area contributed by atoms with Gasteiger partial charge in [-0.1, -0.05) is 104 Å². The van der Waals surface area contributed by atoms with Gasteiger partial charge >= 0.3 is 23.9 Å². The van der Waals surface area contributed by atoms with Gasteiger partial charge in [0.05, 0.1) is 12.2 Å².